The van der Waals surface area contributed by atoms with E-state index >= 15 is 0 Å². The Morgan fingerprint density at radius 3 is 2.48 bits per heavy atom. The summed E-state index contributed by atoms with van der Waals surface area (Å²) in [5.74, 6) is 0.268. The molecule has 0 radical (unpaired) electrons. The van der Waals surface area contributed by atoms with Gasteiger partial charge in [-0.3, -0.25) is 4.79 Å². The zero-order chi connectivity index (χ0) is 17.8. The van der Waals surface area contributed by atoms with Crippen LogP contribution < -0.4 is 5.32 Å². The summed E-state index contributed by atoms with van der Waals surface area (Å²) in [5, 5.41) is 14.2. The normalized spacial score (nSPS) is 10.7. The number of amides is 1. The Kier molecular flexibility index (Phi) is 5.50. The minimum Gasteiger partial charge on any atom is -0.325 e. The summed E-state index contributed by atoms with van der Waals surface area (Å²) in [7, 11) is 0. The molecule has 2 heterocycles. The number of aromatic nitrogens is 2. The largest absolute Gasteiger partial charge is 0.325 e. The molecule has 0 aliphatic carbocycles. The predicted molar refractivity (Wildman–Crippen MR) is 105 cm³/mol. The molecular formula is C19H19N3OS2. The number of thiophene rings is 1. The van der Waals surface area contributed by atoms with E-state index in [0.717, 1.165) is 32.4 Å². The third kappa shape index (κ3) is 4.46. The van der Waals surface area contributed by atoms with Gasteiger partial charge in [-0.2, -0.15) is 0 Å². The molecule has 0 aliphatic heterocycles. The first-order chi connectivity index (χ1) is 12.0. The third-order valence-electron chi connectivity index (χ3n) is 3.71. The van der Waals surface area contributed by atoms with Crippen LogP contribution in [0, 0.1) is 20.8 Å². The number of carbonyl (C=O) groups is 1. The van der Waals surface area contributed by atoms with Crippen LogP contribution in [0.4, 0.5) is 5.69 Å². The summed E-state index contributed by atoms with van der Waals surface area (Å²) < 4.78 is 0. The molecule has 0 saturated carbocycles. The van der Waals surface area contributed by atoms with Gasteiger partial charge in [0.1, 0.15) is 10.7 Å². The molecule has 2 aromatic heterocycles. The van der Waals surface area contributed by atoms with Gasteiger partial charge in [-0.25, -0.2) is 0 Å². The van der Waals surface area contributed by atoms with Crippen molar-refractivity contribution in [3.63, 3.8) is 0 Å². The smallest absolute Gasteiger partial charge is 0.234 e. The van der Waals surface area contributed by atoms with E-state index in [1.165, 1.54) is 17.3 Å². The number of thioether (sulfide) groups is 1. The molecule has 25 heavy (non-hydrogen) atoms. The summed E-state index contributed by atoms with van der Waals surface area (Å²) in [5.41, 5.74) is 5.11. The van der Waals surface area contributed by atoms with Crippen LogP contribution in [-0.2, 0) is 4.79 Å². The van der Waals surface area contributed by atoms with E-state index in [4.69, 9.17) is 0 Å². The number of anilines is 1. The van der Waals surface area contributed by atoms with Gasteiger partial charge >= 0.3 is 0 Å². The Morgan fingerprint density at radius 1 is 1.12 bits per heavy atom. The standard InChI is InChI=1S/C19H19N3OS2/c1-12-9-13(2)19(14(3)10-12)20-17(23)11-25-18-7-6-15(21-22-18)16-5-4-8-24-16/h4-10H,11H2,1-3H3,(H,20,23). The van der Waals surface area contributed by atoms with E-state index in [1.807, 2.05) is 43.5 Å². The number of nitrogens with one attached hydrogen (secondary N) is 1. The zero-order valence-corrected chi connectivity index (χ0v) is 16.0. The summed E-state index contributed by atoms with van der Waals surface area (Å²) in [6.45, 7) is 6.08. The summed E-state index contributed by atoms with van der Waals surface area (Å²) in [6.07, 6.45) is 0. The van der Waals surface area contributed by atoms with Gasteiger partial charge in [0.05, 0.1) is 10.6 Å². The Balaban J connectivity index is 1.59. The first kappa shape index (κ1) is 17.6. The maximum atomic E-state index is 12.3. The molecule has 1 aromatic carbocycles. The van der Waals surface area contributed by atoms with Crippen LogP contribution in [0.15, 0.2) is 46.8 Å². The fourth-order valence-corrected chi connectivity index (χ4v) is 3.95. The SMILES string of the molecule is Cc1cc(C)c(NC(=O)CSc2ccc(-c3cccs3)nn2)c(C)c1. The van der Waals surface area contributed by atoms with Crippen molar-refractivity contribution in [1.29, 1.82) is 0 Å². The fourth-order valence-electron chi connectivity index (χ4n) is 2.64. The van der Waals surface area contributed by atoms with Gasteiger partial charge < -0.3 is 5.32 Å². The molecule has 1 amide bonds. The topological polar surface area (TPSA) is 54.9 Å². The second kappa shape index (κ2) is 7.80. The number of nitrogens with zero attached hydrogens (tertiary/aromatic N) is 2. The van der Waals surface area contributed by atoms with E-state index < -0.39 is 0 Å². The quantitative estimate of drug-likeness (QED) is 0.653. The van der Waals surface area contributed by atoms with E-state index in [-0.39, 0.29) is 5.91 Å². The number of rotatable bonds is 5. The number of benzene rings is 1. The van der Waals surface area contributed by atoms with Gasteiger partial charge in [0.15, 0.2) is 0 Å². The average Bonchev–Trinajstić information content (AvgIpc) is 3.11. The molecule has 3 rings (SSSR count). The molecule has 0 saturated heterocycles. The van der Waals surface area contributed by atoms with Crippen molar-refractivity contribution in [2.45, 2.75) is 25.8 Å². The van der Waals surface area contributed by atoms with Crippen molar-refractivity contribution in [3.05, 3.63) is 58.5 Å². The molecule has 0 atom stereocenters. The van der Waals surface area contributed by atoms with Gasteiger partial charge in [0.2, 0.25) is 5.91 Å². The van der Waals surface area contributed by atoms with Crippen LogP contribution in [0.3, 0.4) is 0 Å². The number of carbonyl (C=O) groups excluding carboxylic acids is 1. The zero-order valence-electron chi connectivity index (χ0n) is 14.4. The monoisotopic (exact) mass is 369 g/mol. The van der Waals surface area contributed by atoms with Crippen LogP contribution >= 0.6 is 23.1 Å². The Morgan fingerprint density at radius 2 is 1.88 bits per heavy atom. The molecule has 0 unspecified atom stereocenters. The van der Waals surface area contributed by atoms with E-state index in [2.05, 4.69) is 34.6 Å². The van der Waals surface area contributed by atoms with Crippen molar-refractivity contribution in [2.24, 2.45) is 0 Å². The predicted octanol–water partition coefficient (Wildman–Crippen LogP) is 4.86. The van der Waals surface area contributed by atoms with Crippen molar-refractivity contribution in [3.8, 4) is 10.6 Å². The van der Waals surface area contributed by atoms with E-state index in [0.29, 0.717) is 5.75 Å². The first-order valence-corrected chi connectivity index (χ1v) is 9.77. The van der Waals surface area contributed by atoms with Gasteiger partial charge in [-0.05, 0) is 55.5 Å². The lowest BCUT2D eigenvalue weighted by Gasteiger charge is -2.12. The second-order valence-corrected chi connectivity index (χ2v) is 7.79. The third-order valence-corrected chi connectivity index (χ3v) is 5.52. The summed E-state index contributed by atoms with van der Waals surface area (Å²) in [6, 6.07) is 12.0. The van der Waals surface area contributed by atoms with Crippen molar-refractivity contribution in [1.82, 2.24) is 10.2 Å². The van der Waals surface area contributed by atoms with Crippen LogP contribution in [-0.4, -0.2) is 21.9 Å². The highest BCUT2D eigenvalue weighted by Gasteiger charge is 2.10. The maximum Gasteiger partial charge on any atom is 0.234 e. The average molecular weight is 370 g/mol. The molecule has 128 valence electrons. The second-order valence-electron chi connectivity index (χ2n) is 5.84. The first-order valence-electron chi connectivity index (χ1n) is 7.91. The van der Waals surface area contributed by atoms with Crippen LogP contribution in [0.2, 0.25) is 0 Å². The molecule has 1 N–H and O–H groups in total. The fraction of sp³-hybridized carbons (Fsp3) is 0.211. The minimum absolute atomic E-state index is 0.0378. The van der Waals surface area contributed by atoms with Gasteiger partial charge in [0.25, 0.3) is 0 Å². The molecule has 3 aromatic rings. The highest BCUT2D eigenvalue weighted by atomic mass is 32.2. The molecule has 0 fully saturated rings. The maximum absolute atomic E-state index is 12.3. The molecule has 0 aliphatic rings. The number of hydrogen-bond donors (Lipinski definition) is 1. The van der Waals surface area contributed by atoms with Crippen LogP contribution in [0.25, 0.3) is 10.6 Å². The lowest BCUT2D eigenvalue weighted by atomic mass is 10.1. The summed E-state index contributed by atoms with van der Waals surface area (Å²) >= 11 is 3.02. The van der Waals surface area contributed by atoms with Crippen LogP contribution in [0.1, 0.15) is 16.7 Å². The Hall–Kier alpha value is -2.18. The lowest BCUT2D eigenvalue weighted by Crippen LogP contribution is -2.16. The lowest BCUT2D eigenvalue weighted by molar-refractivity contribution is -0.113. The van der Waals surface area contributed by atoms with E-state index in [9.17, 15) is 4.79 Å². The van der Waals surface area contributed by atoms with Crippen molar-refractivity contribution >= 4 is 34.7 Å². The number of hydrogen-bond acceptors (Lipinski definition) is 5. The Labute approximate surface area is 155 Å². The van der Waals surface area contributed by atoms with Crippen molar-refractivity contribution < 1.29 is 4.79 Å². The van der Waals surface area contributed by atoms with Crippen molar-refractivity contribution in [2.75, 3.05) is 11.1 Å². The molecule has 4 nitrogen and oxygen atoms in total. The molecule has 6 heteroatoms. The highest BCUT2D eigenvalue weighted by molar-refractivity contribution is 7.99. The van der Waals surface area contributed by atoms with E-state index in [1.54, 1.807) is 11.3 Å². The molecule has 0 bridgehead atoms. The molecule has 0 spiro atoms. The minimum atomic E-state index is -0.0378. The Bertz CT molecular complexity index is 851. The van der Waals surface area contributed by atoms with Gasteiger partial charge in [-0.15, -0.1) is 21.5 Å². The highest BCUT2D eigenvalue weighted by Crippen LogP contribution is 2.25. The summed E-state index contributed by atoms with van der Waals surface area (Å²) in [4.78, 5) is 13.3. The number of aryl methyl sites for hydroxylation is 3. The van der Waals surface area contributed by atoms with Crippen LogP contribution in [0.5, 0.6) is 0 Å². The molecular weight excluding hydrogens is 350 g/mol. The van der Waals surface area contributed by atoms with Gasteiger partial charge in [0, 0.05) is 5.69 Å². The van der Waals surface area contributed by atoms with Gasteiger partial charge in [-0.1, -0.05) is 35.5 Å².